The van der Waals surface area contributed by atoms with Gasteiger partial charge in [-0.3, -0.25) is 4.79 Å². The first kappa shape index (κ1) is 11.8. The van der Waals surface area contributed by atoms with Gasteiger partial charge in [-0.1, -0.05) is 12.1 Å². The summed E-state index contributed by atoms with van der Waals surface area (Å²) in [5, 5.41) is 8.84. The van der Waals surface area contributed by atoms with Crippen LogP contribution in [-0.2, 0) is 11.2 Å². The van der Waals surface area contributed by atoms with Gasteiger partial charge in [0.15, 0.2) is 11.5 Å². The summed E-state index contributed by atoms with van der Waals surface area (Å²) in [6.45, 7) is 0.547. The van der Waals surface area contributed by atoms with Crippen molar-refractivity contribution >= 4 is 5.97 Å². The van der Waals surface area contributed by atoms with Crippen LogP contribution in [0.1, 0.15) is 18.4 Å². The minimum atomic E-state index is -0.749. The third-order valence-electron chi connectivity index (χ3n) is 3.02. The molecule has 1 aliphatic heterocycles. The minimum absolute atomic E-state index is 0.140. The summed E-state index contributed by atoms with van der Waals surface area (Å²) in [7, 11) is 1.61. The third-order valence-corrected chi connectivity index (χ3v) is 3.02. The molecule has 1 aromatic carbocycles. The van der Waals surface area contributed by atoms with Crippen molar-refractivity contribution in [1.29, 1.82) is 0 Å². The molecular weight excluding hydrogens is 220 g/mol. The molecule has 0 spiro atoms. The topological polar surface area (TPSA) is 55.8 Å². The first-order valence-electron chi connectivity index (χ1n) is 5.71. The number of hydrogen-bond donors (Lipinski definition) is 1. The van der Waals surface area contributed by atoms with E-state index in [1.54, 1.807) is 7.11 Å². The van der Waals surface area contributed by atoms with Crippen LogP contribution in [0.4, 0.5) is 0 Å². The Kier molecular flexibility index (Phi) is 3.52. The number of hydrogen-bond acceptors (Lipinski definition) is 3. The molecule has 1 aromatic rings. The Morgan fingerprint density at radius 2 is 2.41 bits per heavy atom. The van der Waals surface area contributed by atoms with E-state index in [2.05, 4.69) is 0 Å². The van der Waals surface area contributed by atoms with E-state index in [9.17, 15) is 4.79 Å². The van der Waals surface area contributed by atoms with Gasteiger partial charge in [0.05, 0.1) is 13.7 Å². The fourth-order valence-electron chi connectivity index (χ4n) is 2.21. The average molecular weight is 236 g/mol. The smallest absolute Gasteiger partial charge is 0.303 e. The van der Waals surface area contributed by atoms with E-state index in [-0.39, 0.29) is 12.3 Å². The standard InChI is InChI=1S/C13H16O4/c1-16-11-4-2-3-10-7-9(8-12(14)15)5-6-17-13(10)11/h2-4,9H,5-8H2,1H3,(H,14,15). The largest absolute Gasteiger partial charge is 0.493 e. The highest BCUT2D eigenvalue weighted by Crippen LogP contribution is 2.35. The highest BCUT2D eigenvalue weighted by Gasteiger charge is 2.21. The molecule has 4 heteroatoms. The first-order valence-corrected chi connectivity index (χ1v) is 5.71. The Morgan fingerprint density at radius 1 is 1.59 bits per heavy atom. The number of aliphatic carboxylic acids is 1. The van der Waals surface area contributed by atoms with Gasteiger partial charge in [0.1, 0.15) is 0 Å². The van der Waals surface area contributed by atoms with Gasteiger partial charge in [-0.2, -0.15) is 0 Å². The molecule has 0 saturated heterocycles. The number of rotatable bonds is 3. The summed E-state index contributed by atoms with van der Waals surface area (Å²) in [6.07, 6.45) is 1.70. The summed E-state index contributed by atoms with van der Waals surface area (Å²) >= 11 is 0. The molecule has 0 amide bonds. The van der Waals surface area contributed by atoms with Gasteiger partial charge in [0.2, 0.25) is 0 Å². The average Bonchev–Trinajstić information content (AvgIpc) is 2.49. The molecule has 92 valence electrons. The number of para-hydroxylation sites is 1. The lowest BCUT2D eigenvalue weighted by Crippen LogP contribution is -2.11. The molecule has 1 aliphatic rings. The Balaban J connectivity index is 2.23. The number of fused-ring (bicyclic) bond motifs is 1. The van der Waals surface area contributed by atoms with Crippen LogP contribution in [0.5, 0.6) is 11.5 Å². The number of methoxy groups -OCH3 is 1. The lowest BCUT2D eigenvalue weighted by Gasteiger charge is -2.11. The summed E-state index contributed by atoms with van der Waals surface area (Å²) in [5.41, 5.74) is 1.04. The van der Waals surface area contributed by atoms with E-state index in [4.69, 9.17) is 14.6 Å². The summed E-state index contributed by atoms with van der Waals surface area (Å²) in [6, 6.07) is 5.73. The minimum Gasteiger partial charge on any atom is -0.493 e. The predicted molar refractivity (Wildman–Crippen MR) is 62.6 cm³/mol. The summed E-state index contributed by atoms with van der Waals surface area (Å²) in [4.78, 5) is 10.7. The molecule has 0 fully saturated rings. The van der Waals surface area contributed by atoms with Gasteiger partial charge < -0.3 is 14.6 Å². The van der Waals surface area contributed by atoms with Gasteiger partial charge in [0.25, 0.3) is 0 Å². The van der Waals surface area contributed by atoms with Gasteiger partial charge in [-0.05, 0) is 30.4 Å². The van der Waals surface area contributed by atoms with Gasteiger partial charge in [-0.25, -0.2) is 0 Å². The second-order valence-corrected chi connectivity index (χ2v) is 4.25. The number of benzene rings is 1. The highest BCUT2D eigenvalue weighted by atomic mass is 16.5. The second-order valence-electron chi connectivity index (χ2n) is 4.25. The lowest BCUT2D eigenvalue weighted by molar-refractivity contribution is -0.138. The van der Waals surface area contributed by atoms with Crippen LogP contribution in [0.15, 0.2) is 18.2 Å². The van der Waals surface area contributed by atoms with Gasteiger partial charge in [-0.15, -0.1) is 0 Å². The third kappa shape index (κ3) is 2.70. The zero-order chi connectivity index (χ0) is 12.3. The van der Waals surface area contributed by atoms with Crippen LogP contribution >= 0.6 is 0 Å². The van der Waals surface area contributed by atoms with E-state index >= 15 is 0 Å². The molecule has 1 unspecified atom stereocenters. The summed E-state index contributed by atoms with van der Waals surface area (Å²) in [5.74, 6) is 0.878. The van der Waals surface area contributed by atoms with Crippen molar-refractivity contribution in [3.63, 3.8) is 0 Å². The quantitative estimate of drug-likeness (QED) is 0.873. The van der Waals surface area contributed by atoms with E-state index < -0.39 is 5.97 Å². The number of carboxylic acids is 1. The number of ether oxygens (including phenoxy) is 2. The number of carboxylic acid groups (broad SMARTS) is 1. The fraction of sp³-hybridized carbons (Fsp3) is 0.462. The van der Waals surface area contributed by atoms with Crippen LogP contribution < -0.4 is 9.47 Å². The molecule has 4 nitrogen and oxygen atoms in total. The lowest BCUT2D eigenvalue weighted by atomic mass is 9.94. The van der Waals surface area contributed by atoms with Crippen molar-refractivity contribution in [1.82, 2.24) is 0 Å². The molecular formula is C13H16O4. The zero-order valence-electron chi connectivity index (χ0n) is 9.81. The van der Waals surface area contributed by atoms with E-state index in [1.165, 1.54) is 0 Å². The van der Waals surface area contributed by atoms with Crippen molar-refractivity contribution in [2.45, 2.75) is 19.3 Å². The molecule has 2 rings (SSSR count). The van der Waals surface area contributed by atoms with Crippen molar-refractivity contribution in [3.05, 3.63) is 23.8 Å². The Bertz CT molecular complexity index is 414. The molecule has 0 aromatic heterocycles. The van der Waals surface area contributed by atoms with Crippen molar-refractivity contribution in [3.8, 4) is 11.5 Å². The zero-order valence-corrected chi connectivity index (χ0v) is 9.81. The molecule has 0 aliphatic carbocycles. The monoisotopic (exact) mass is 236 g/mol. The highest BCUT2D eigenvalue weighted by molar-refractivity contribution is 5.67. The van der Waals surface area contributed by atoms with Crippen LogP contribution in [0, 0.1) is 5.92 Å². The number of carbonyl (C=O) groups is 1. The summed E-state index contributed by atoms with van der Waals surface area (Å²) < 4.78 is 10.9. The van der Waals surface area contributed by atoms with Crippen LogP contribution in [-0.4, -0.2) is 24.8 Å². The molecule has 17 heavy (non-hydrogen) atoms. The van der Waals surface area contributed by atoms with Gasteiger partial charge in [0, 0.05) is 6.42 Å². The predicted octanol–water partition coefficient (Wildman–Crippen LogP) is 2.11. The van der Waals surface area contributed by atoms with E-state index in [0.29, 0.717) is 6.61 Å². The normalized spacial score (nSPS) is 18.8. The maximum atomic E-state index is 10.7. The SMILES string of the molecule is COc1cccc2c1OCCC(CC(=O)O)C2. The van der Waals surface area contributed by atoms with Crippen LogP contribution in [0.25, 0.3) is 0 Å². The molecule has 1 atom stereocenters. The molecule has 0 bridgehead atoms. The van der Waals surface area contributed by atoms with Crippen molar-refractivity contribution in [2.75, 3.05) is 13.7 Å². The van der Waals surface area contributed by atoms with Crippen LogP contribution in [0.2, 0.25) is 0 Å². The second kappa shape index (κ2) is 5.08. The molecule has 0 saturated carbocycles. The maximum Gasteiger partial charge on any atom is 0.303 e. The molecule has 0 radical (unpaired) electrons. The van der Waals surface area contributed by atoms with E-state index in [1.807, 2.05) is 18.2 Å². The van der Waals surface area contributed by atoms with Crippen LogP contribution in [0.3, 0.4) is 0 Å². The molecule has 1 N–H and O–H groups in total. The fourth-order valence-corrected chi connectivity index (χ4v) is 2.21. The molecule has 1 heterocycles. The first-order chi connectivity index (χ1) is 8.20. The Morgan fingerprint density at radius 3 is 3.12 bits per heavy atom. The maximum absolute atomic E-state index is 10.7. The Labute approximate surface area is 100 Å². The van der Waals surface area contributed by atoms with Crippen molar-refractivity contribution < 1.29 is 19.4 Å². The van der Waals surface area contributed by atoms with Gasteiger partial charge >= 0.3 is 5.97 Å². The Hall–Kier alpha value is -1.71. The van der Waals surface area contributed by atoms with Crippen molar-refractivity contribution in [2.24, 2.45) is 5.92 Å². The van der Waals surface area contributed by atoms with E-state index in [0.717, 1.165) is 29.9 Å².